The number of aliphatic hydroxyl groups excluding tert-OH is 1. The van der Waals surface area contributed by atoms with Crippen molar-refractivity contribution in [3.8, 4) is 11.3 Å². The van der Waals surface area contributed by atoms with Crippen LogP contribution in [0.5, 0.6) is 0 Å². The number of rotatable bonds is 4. The van der Waals surface area contributed by atoms with E-state index in [2.05, 4.69) is 39.8 Å². The van der Waals surface area contributed by atoms with Gasteiger partial charge in [-0.25, -0.2) is 0 Å². The minimum Gasteiger partial charge on any atom is -0.391 e. The zero-order valence-electron chi connectivity index (χ0n) is 12.7. The molecule has 1 aliphatic rings. The van der Waals surface area contributed by atoms with Gasteiger partial charge in [-0.3, -0.25) is 5.10 Å². The van der Waals surface area contributed by atoms with Gasteiger partial charge in [0.1, 0.15) is 0 Å². The van der Waals surface area contributed by atoms with E-state index in [1.54, 1.807) is 0 Å². The van der Waals surface area contributed by atoms with E-state index in [1.807, 2.05) is 36.5 Å². The Bertz CT molecular complexity index is 797. The first-order chi connectivity index (χ1) is 11.3. The van der Waals surface area contributed by atoms with Crippen molar-refractivity contribution < 1.29 is 5.11 Å². The molecular weight excluding hydrogens is 286 g/mol. The molecule has 116 valence electrons. The minimum atomic E-state index is -0.375. The van der Waals surface area contributed by atoms with Crippen molar-refractivity contribution in [3.05, 3.63) is 77.5 Å². The van der Waals surface area contributed by atoms with Crippen LogP contribution < -0.4 is 5.32 Å². The van der Waals surface area contributed by atoms with E-state index in [-0.39, 0.29) is 12.1 Å². The molecular formula is C19H19N3O. The van der Waals surface area contributed by atoms with Gasteiger partial charge in [0.2, 0.25) is 0 Å². The zero-order valence-corrected chi connectivity index (χ0v) is 12.7. The molecule has 0 saturated carbocycles. The highest BCUT2D eigenvalue weighted by Gasteiger charge is 2.30. The third-order valence-electron chi connectivity index (χ3n) is 4.50. The molecule has 0 fully saturated rings. The number of aliphatic hydroxyl groups is 1. The van der Waals surface area contributed by atoms with Gasteiger partial charge in [0.05, 0.1) is 24.0 Å². The van der Waals surface area contributed by atoms with Crippen molar-refractivity contribution in [2.45, 2.75) is 25.1 Å². The lowest BCUT2D eigenvalue weighted by atomic mass is 10.1. The molecule has 0 unspecified atom stereocenters. The molecule has 0 spiro atoms. The Hall–Kier alpha value is -2.43. The van der Waals surface area contributed by atoms with Crippen LogP contribution in [0.4, 0.5) is 0 Å². The Kier molecular flexibility index (Phi) is 3.69. The molecule has 0 radical (unpaired) electrons. The van der Waals surface area contributed by atoms with Gasteiger partial charge >= 0.3 is 0 Å². The maximum Gasteiger partial charge on any atom is 0.0775 e. The molecule has 4 rings (SSSR count). The molecule has 0 amide bonds. The molecule has 2 aromatic carbocycles. The highest BCUT2D eigenvalue weighted by atomic mass is 16.3. The van der Waals surface area contributed by atoms with E-state index in [9.17, 15) is 5.11 Å². The van der Waals surface area contributed by atoms with Gasteiger partial charge in [0.15, 0.2) is 0 Å². The normalized spacial score (nSPS) is 19.7. The van der Waals surface area contributed by atoms with Crippen molar-refractivity contribution in [1.29, 1.82) is 0 Å². The molecule has 4 nitrogen and oxygen atoms in total. The predicted molar refractivity (Wildman–Crippen MR) is 89.8 cm³/mol. The summed E-state index contributed by atoms with van der Waals surface area (Å²) in [6.07, 6.45) is 2.19. The lowest BCUT2D eigenvalue weighted by molar-refractivity contribution is 0.140. The van der Waals surface area contributed by atoms with Crippen LogP contribution in [0.15, 0.2) is 60.8 Å². The number of nitrogens with one attached hydrogen (secondary N) is 2. The number of H-pyrrole nitrogens is 1. The largest absolute Gasteiger partial charge is 0.391 e. The Morgan fingerprint density at radius 2 is 1.87 bits per heavy atom. The van der Waals surface area contributed by atoms with Crippen LogP contribution in [0.2, 0.25) is 0 Å². The molecule has 1 aliphatic carbocycles. The number of aromatic nitrogens is 2. The lowest BCUT2D eigenvalue weighted by Gasteiger charge is -2.18. The summed E-state index contributed by atoms with van der Waals surface area (Å²) in [7, 11) is 0. The van der Waals surface area contributed by atoms with Crippen LogP contribution in [0.3, 0.4) is 0 Å². The molecule has 3 N–H and O–H groups in total. The molecule has 2 atom stereocenters. The fraction of sp³-hybridized carbons (Fsp3) is 0.211. The van der Waals surface area contributed by atoms with Crippen LogP contribution >= 0.6 is 0 Å². The fourth-order valence-corrected chi connectivity index (χ4v) is 3.34. The number of hydrogen-bond donors (Lipinski definition) is 3. The van der Waals surface area contributed by atoms with E-state index >= 15 is 0 Å². The fourth-order valence-electron chi connectivity index (χ4n) is 3.34. The first-order valence-electron chi connectivity index (χ1n) is 7.90. The molecule has 23 heavy (non-hydrogen) atoms. The number of fused-ring (bicyclic) bond motifs is 1. The van der Waals surface area contributed by atoms with Gasteiger partial charge in [-0.15, -0.1) is 0 Å². The average molecular weight is 305 g/mol. The highest BCUT2D eigenvalue weighted by molar-refractivity contribution is 5.62. The summed E-state index contributed by atoms with van der Waals surface area (Å²) in [5, 5.41) is 21.1. The summed E-state index contributed by atoms with van der Waals surface area (Å²) >= 11 is 0. The van der Waals surface area contributed by atoms with Gasteiger partial charge in [0.25, 0.3) is 0 Å². The van der Waals surface area contributed by atoms with E-state index in [4.69, 9.17) is 0 Å². The third-order valence-corrected chi connectivity index (χ3v) is 4.50. The first kappa shape index (κ1) is 14.2. The molecule has 0 bridgehead atoms. The zero-order chi connectivity index (χ0) is 15.6. The maximum absolute atomic E-state index is 10.3. The van der Waals surface area contributed by atoms with Crippen molar-refractivity contribution >= 4 is 0 Å². The average Bonchev–Trinajstić information content (AvgIpc) is 3.17. The summed E-state index contributed by atoms with van der Waals surface area (Å²) in [6.45, 7) is 0.663. The summed E-state index contributed by atoms with van der Waals surface area (Å²) in [5.41, 5.74) is 5.68. The van der Waals surface area contributed by atoms with Crippen molar-refractivity contribution in [2.24, 2.45) is 0 Å². The Morgan fingerprint density at radius 3 is 2.74 bits per heavy atom. The van der Waals surface area contributed by atoms with Crippen LogP contribution in [-0.2, 0) is 13.0 Å². The van der Waals surface area contributed by atoms with Crippen molar-refractivity contribution in [2.75, 3.05) is 0 Å². The molecule has 1 heterocycles. The summed E-state index contributed by atoms with van der Waals surface area (Å²) in [4.78, 5) is 0. The summed E-state index contributed by atoms with van der Waals surface area (Å²) in [6, 6.07) is 18.4. The Labute approximate surface area is 135 Å². The van der Waals surface area contributed by atoms with Gasteiger partial charge in [-0.05, 0) is 16.7 Å². The first-order valence-corrected chi connectivity index (χ1v) is 7.90. The molecule has 3 aromatic rings. The topological polar surface area (TPSA) is 60.9 Å². The van der Waals surface area contributed by atoms with Gasteiger partial charge in [0, 0.05) is 18.5 Å². The van der Waals surface area contributed by atoms with Crippen LogP contribution in [0, 0.1) is 0 Å². The SMILES string of the molecule is O[C@H]1Cc2ccccc2[C@H]1NCc1cn[nH]c1-c1ccccc1. The van der Waals surface area contributed by atoms with Crippen LogP contribution in [0.25, 0.3) is 11.3 Å². The Balaban J connectivity index is 1.54. The highest BCUT2D eigenvalue weighted by Crippen LogP contribution is 2.32. The van der Waals surface area contributed by atoms with Crippen LogP contribution in [0.1, 0.15) is 22.7 Å². The molecule has 0 aliphatic heterocycles. The second kappa shape index (κ2) is 5.99. The lowest BCUT2D eigenvalue weighted by Crippen LogP contribution is -2.28. The van der Waals surface area contributed by atoms with E-state index < -0.39 is 0 Å². The van der Waals surface area contributed by atoms with E-state index in [0.29, 0.717) is 13.0 Å². The Morgan fingerprint density at radius 1 is 1.09 bits per heavy atom. The van der Waals surface area contributed by atoms with Gasteiger partial charge in [-0.2, -0.15) is 5.10 Å². The molecule has 0 saturated heterocycles. The number of nitrogens with zero attached hydrogens (tertiary/aromatic N) is 1. The number of hydrogen-bond acceptors (Lipinski definition) is 3. The van der Waals surface area contributed by atoms with Crippen molar-refractivity contribution in [3.63, 3.8) is 0 Å². The smallest absolute Gasteiger partial charge is 0.0775 e. The number of aromatic amines is 1. The second-order valence-corrected chi connectivity index (χ2v) is 5.97. The predicted octanol–water partition coefficient (Wildman–Crippen LogP) is 2.82. The number of benzene rings is 2. The van der Waals surface area contributed by atoms with Crippen molar-refractivity contribution in [1.82, 2.24) is 15.5 Å². The quantitative estimate of drug-likeness (QED) is 0.694. The molecule has 4 heteroatoms. The van der Waals surface area contributed by atoms with E-state index in [1.165, 1.54) is 11.1 Å². The third kappa shape index (κ3) is 2.67. The second-order valence-electron chi connectivity index (χ2n) is 5.97. The maximum atomic E-state index is 10.3. The summed E-state index contributed by atoms with van der Waals surface area (Å²) in [5.74, 6) is 0. The van der Waals surface area contributed by atoms with E-state index in [0.717, 1.165) is 16.8 Å². The van der Waals surface area contributed by atoms with Crippen LogP contribution in [-0.4, -0.2) is 21.4 Å². The monoisotopic (exact) mass is 305 g/mol. The summed E-state index contributed by atoms with van der Waals surface area (Å²) < 4.78 is 0. The minimum absolute atomic E-state index is 0.0234. The standard InChI is InChI=1S/C19H19N3O/c23-17-10-14-8-4-5-9-16(14)19(17)20-11-15-12-21-22-18(15)13-6-2-1-3-7-13/h1-9,12,17,19-20,23H,10-11H2,(H,21,22)/t17-,19+/m0/s1. The molecule has 1 aromatic heterocycles. The van der Waals surface area contributed by atoms with Gasteiger partial charge < -0.3 is 10.4 Å². The van der Waals surface area contributed by atoms with Gasteiger partial charge in [-0.1, -0.05) is 54.6 Å².